The number of ether oxygens (including phenoxy) is 1. The summed E-state index contributed by atoms with van der Waals surface area (Å²) in [5.41, 5.74) is 0.677. The summed E-state index contributed by atoms with van der Waals surface area (Å²) in [6, 6.07) is 11.9. The minimum atomic E-state index is -4.67. The Kier molecular flexibility index (Phi) is 12.0. The van der Waals surface area contributed by atoms with Crippen LogP contribution in [0.15, 0.2) is 54.7 Å². The molecule has 2 aliphatic carbocycles. The SMILES string of the molecule is COc1cc2nn([C@H]3CC[C@H](CN(C)C4CCC5(CC4)CCN(C(=O)c4ccc(Cl)c(N6CCC(=O)NC6=O)c4)CC5)CC3)cc2cc1NC(=O)c1cccc(C(F)(F)F)n1. The lowest BCUT2D eigenvalue weighted by molar-refractivity contribution is -0.141. The van der Waals surface area contributed by atoms with Crippen molar-refractivity contribution in [3.05, 3.63) is 76.7 Å². The van der Waals surface area contributed by atoms with Crippen LogP contribution in [0.3, 0.4) is 0 Å². The van der Waals surface area contributed by atoms with Crippen LogP contribution in [-0.4, -0.2) is 94.7 Å². The Morgan fingerprint density at radius 2 is 1.72 bits per heavy atom. The summed E-state index contributed by atoms with van der Waals surface area (Å²) in [7, 11) is 3.72. The number of nitrogens with one attached hydrogen (secondary N) is 2. The van der Waals surface area contributed by atoms with Crippen LogP contribution in [0.5, 0.6) is 5.75 Å². The van der Waals surface area contributed by atoms with E-state index in [9.17, 15) is 32.3 Å². The van der Waals surface area contributed by atoms with Crippen LogP contribution in [0, 0.1) is 11.3 Å². The van der Waals surface area contributed by atoms with Crippen molar-refractivity contribution in [1.82, 2.24) is 29.9 Å². The Morgan fingerprint density at radius 1 is 0.984 bits per heavy atom. The minimum absolute atomic E-state index is 0.0712. The van der Waals surface area contributed by atoms with Crippen LogP contribution >= 0.6 is 11.6 Å². The van der Waals surface area contributed by atoms with Gasteiger partial charge in [0.25, 0.3) is 11.8 Å². The van der Waals surface area contributed by atoms with Gasteiger partial charge in [-0.1, -0.05) is 17.7 Å². The molecule has 0 radical (unpaired) electrons. The van der Waals surface area contributed by atoms with E-state index < -0.39 is 23.8 Å². The monoisotopic (exact) mass is 862 g/mol. The van der Waals surface area contributed by atoms with Gasteiger partial charge in [0, 0.05) is 61.9 Å². The van der Waals surface area contributed by atoms with E-state index in [2.05, 4.69) is 27.6 Å². The predicted molar refractivity (Wildman–Crippen MR) is 224 cm³/mol. The molecule has 61 heavy (non-hydrogen) atoms. The molecule has 4 heterocycles. The lowest BCUT2D eigenvalue weighted by Gasteiger charge is -2.47. The number of pyridine rings is 1. The van der Waals surface area contributed by atoms with Crippen LogP contribution < -0.4 is 20.3 Å². The highest BCUT2D eigenvalue weighted by atomic mass is 35.5. The van der Waals surface area contributed by atoms with Crippen LogP contribution in [0.2, 0.25) is 5.02 Å². The van der Waals surface area contributed by atoms with Crippen LogP contribution in [0.1, 0.15) is 103 Å². The molecule has 2 saturated carbocycles. The number of aromatic nitrogens is 3. The maximum atomic E-state index is 13.6. The van der Waals surface area contributed by atoms with E-state index in [1.165, 1.54) is 18.1 Å². The molecular formula is C44H50ClF3N8O5. The smallest absolute Gasteiger partial charge is 0.433 e. The van der Waals surface area contributed by atoms with E-state index in [0.717, 1.165) is 88.3 Å². The van der Waals surface area contributed by atoms with E-state index in [0.29, 0.717) is 58.3 Å². The van der Waals surface area contributed by atoms with E-state index >= 15 is 0 Å². The van der Waals surface area contributed by atoms with Crippen LogP contribution in [0.25, 0.3) is 10.9 Å². The number of alkyl halides is 3. The van der Waals surface area contributed by atoms with Crippen molar-refractivity contribution in [3.8, 4) is 5.75 Å². The zero-order valence-electron chi connectivity index (χ0n) is 34.3. The van der Waals surface area contributed by atoms with Crippen molar-refractivity contribution in [2.24, 2.45) is 11.3 Å². The number of carbonyl (C=O) groups excluding carboxylic acids is 4. The fraction of sp³-hybridized carbons (Fsp3) is 0.500. The fourth-order valence-electron chi connectivity index (χ4n) is 9.75. The Morgan fingerprint density at radius 3 is 2.41 bits per heavy atom. The molecule has 4 aliphatic rings. The van der Waals surface area contributed by atoms with Gasteiger partial charge >= 0.3 is 12.2 Å². The third kappa shape index (κ3) is 9.20. The summed E-state index contributed by atoms with van der Waals surface area (Å²) in [6.45, 7) is 2.64. The number of nitrogens with zero attached hydrogens (tertiary/aromatic N) is 6. The zero-order valence-corrected chi connectivity index (χ0v) is 35.0. The standard InChI is InChI=1S/C44H50ClF3N8O5/c1-53(30-12-15-43(16-13-30)17-20-54(21-18-43)41(59)28-8-11-32(45)36(23-28)55-19-14-39(57)51-42(55)60)25-27-6-9-31(10-7-27)56-26-29-22-35(37(61-2)24-34(29)52-56)50-40(58)33-4-3-5-38(49-33)44(46,47)48/h3-5,8,11,22-24,26-27,30-31H,6-7,9-10,12-21,25H2,1-2H3,(H,50,58)(H,51,57,60)/t27-,31-. The molecule has 2 N–H and O–H groups in total. The Labute approximate surface area is 356 Å². The van der Waals surface area contributed by atoms with Gasteiger partial charge in [0.2, 0.25) is 5.91 Å². The van der Waals surface area contributed by atoms with E-state index in [1.807, 2.05) is 15.8 Å². The molecule has 0 bridgehead atoms. The molecule has 2 aliphatic heterocycles. The van der Waals surface area contributed by atoms with Crippen molar-refractivity contribution in [1.29, 1.82) is 0 Å². The first-order chi connectivity index (χ1) is 29.2. The molecule has 8 rings (SSSR count). The molecule has 0 atom stereocenters. The number of hydrogen-bond donors (Lipinski definition) is 2. The zero-order chi connectivity index (χ0) is 43.1. The van der Waals surface area contributed by atoms with Gasteiger partial charge in [-0.15, -0.1) is 0 Å². The highest BCUT2D eigenvalue weighted by Crippen LogP contribution is 2.46. The minimum Gasteiger partial charge on any atom is -0.494 e. The molecule has 4 aromatic rings. The first-order valence-electron chi connectivity index (χ1n) is 21.0. The van der Waals surface area contributed by atoms with Gasteiger partial charge in [0.1, 0.15) is 17.1 Å². The second-order valence-electron chi connectivity index (χ2n) is 17.1. The largest absolute Gasteiger partial charge is 0.494 e. The molecule has 5 amide bonds. The third-order valence-electron chi connectivity index (χ3n) is 13.4. The molecule has 2 aromatic carbocycles. The molecule has 324 valence electrons. The number of amides is 5. The second kappa shape index (κ2) is 17.3. The Balaban J connectivity index is 0.801. The van der Waals surface area contributed by atoms with Crippen LogP contribution in [0.4, 0.5) is 29.3 Å². The van der Waals surface area contributed by atoms with Crippen molar-refractivity contribution >= 4 is 57.6 Å². The molecule has 2 aromatic heterocycles. The number of rotatable bonds is 9. The van der Waals surface area contributed by atoms with Gasteiger partial charge in [0.15, 0.2) is 0 Å². The average molecular weight is 863 g/mol. The number of imide groups is 1. The van der Waals surface area contributed by atoms with Crippen molar-refractivity contribution in [3.63, 3.8) is 0 Å². The van der Waals surface area contributed by atoms with E-state index in [4.69, 9.17) is 21.4 Å². The fourth-order valence-corrected chi connectivity index (χ4v) is 9.97. The van der Waals surface area contributed by atoms with Crippen molar-refractivity contribution in [2.75, 3.05) is 50.6 Å². The molecular weight excluding hydrogens is 813 g/mol. The maximum absolute atomic E-state index is 13.6. The topological polar surface area (TPSA) is 142 Å². The average Bonchev–Trinajstić information content (AvgIpc) is 3.67. The molecule has 0 unspecified atom stereocenters. The summed E-state index contributed by atoms with van der Waals surface area (Å²) < 4.78 is 47.1. The third-order valence-corrected chi connectivity index (χ3v) is 13.7. The summed E-state index contributed by atoms with van der Waals surface area (Å²) >= 11 is 6.42. The Bertz CT molecular complexity index is 2310. The summed E-state index contributed by atoms with van der Waals surface area (Å²) in [6.07, 6.45) is 8.13. The molecule has 2 saturated heterocycles. The molecule has 13 nitrogen and oxygen atoms in total. The Hall–Kier alpha value is -5.22. The van der Waals surface area contributed by atoms with Gasteiger partial charge in [0.05, 0.1) is 35.1 Å². The number of benzene rings is 2. The highest BCUT2D eigenvalue weighted by Gasteiger charge is 2.41. The summed E-state index contributed by atoms with van der Waals surface area (Å²) in [5, 5.41) is 10.9. The number of hydrogen-bond acceptors (Lipinski definition) is 8. The van der Waals surface area contributed by atoms with E-state index in [-0.39, 0.29) is 41.9 Å². The van der Waals surface area contributed by atoms with Gasteiger partial charge in [-0.3, -0.25) is 29.3 Å². The number of carbonyl (C=O) groups is 4. The second-order valence-corrected chi connectivity index (χ2v) is 17.5. The number of halogens is 4. The van der Waals surface area contributed by atoms with Crippen LogP contribution in [-0.2, 0) is 11.0 Å². The molecule has 17 heteroatoms. The molecule has 4 fully saturated rings. The highest BCUT2D eigenvalue weighted by molar-refractivity contribution is 6.34. The first kappa shape index (κ1) is 42.5. The lowest BCUT2D eigenvalue weighted by atomic mass is 9.66. The van der Waals surface area contributed by atoms with Crippen molar-refractivity contribution in [2.45, 2.75) is 88.9 Å². The quantitative estimate of drug-likeness (QED) is 0.171. The van der Waals surface area contributed by atoms with E-state index in [1.54, 1.807) is 30.3 Å². The number of likely N-dealkylation sites (tertiary alicyclic amines) is 1. The van der Waals surface area contributed by atoms with Gasteiger partial charge in [-0.25, -0.2) is 9.78 Å². The first-order valence-corrected chi connectivity index (χ1v) is 21.4. The predicted octanol–water partition coefficient (Wildman–Crippen LogP) is 8.34. The number of methoxy groups -OCH3 is 1. The lowest BCUT2D eigenvalue weighted by Crippen LogP contribution is -2.49. The van der Waals surface area contributed by atoms with Gasteiger partial charge in [-0.05, 0) is 119 Å². The van der Waals surface area contributed by atoms with Gasteiger partial charge < -0.3 is 19.9 Å². The number of piperidine rings is 1. The number of urea groups is 1. The van der Waals surface area contributed by atoms with Crippen molar-refractivity contribution < 1.29 is 37.1 Å². The number of fused-ring (bicyclic) bond motifs is 1. The summed E-state index contributed by atoms with van der Waals surface area (Å²) in [4.78, 5) is 60.0. The normalized spacial score (nSPS) is 21.2. The number of anilines is 2. The summed E-state index contributed by atoms with van der Waals surface area (Å²) in [5.74, 6) is -0.248. The molecule has 1 spiro atoms. The maximum Gasteiger partial charge on any atom is 0.433 e. The van der Waals surface area contributed by atoms with Gasteiger partial charge in [-0.2, -0.15) is 18.3 Å².